The molecule has 11 heteroatoms. The average molecular weight is 483 g/mol. The molecule has 184 valence electrons. The monoisotopic (exact) mass is 482 g/mol. The summed E-state index contributed by atoms with van der Waals surface area (Å²) in [5.74, 6) is 2.14. The summed E-state index contributed by atoms with van der Waals surface area (Å²) < 4.78 is 31.8. The van der Waals surface area contributed by atoms with E-state index in [1.807, 2.05) is 11.0 Å². The summed E-state index contributed by atoms with van der Waals surface area (Å²) in [5, 5.41) is 6.66. The third-order valence-electron chi connectivity index (χ3n) is 6.40. The standard InChI is InChI=1S/C24H27FN6O4/c1-33-18-11-16-17(12-19(18)34-2)29-22(30-21(16)27-13-15-14-28-23(32)35-15)31-9-6-24(25,7-10-31)20-5-3-4-8-26-20/h3-5,8,11-12,15H,6-7,9-10,13-14H2,1-2H3,(H,28,32)(H,27,29,30)/t15-/m1/s1. The number of benzene rings is 1. The van der Waals surface area contributed by atoms with Gasteiger partial charge in [-0.05, 0) is 18.2 Å². The number of amides is 1. The van der Waals surface area contributed by atoms with E-state index < -0.39 is 11.8 Å². The molecule has 4 heterocycles. The van der Waals surface area contributed by atoms with Crippen molar-refractivity contribution in [3.63, 3.8) is 0 Å². The van der Waals surface area contributed by atoms with E-state index in [4.69, 9.17) is 24.2 Å². The molecule has 1 amide bonds. The zero-order valence-corrected chi connectivity index (χ0v) is 19.6. The smallest absolute Gasteiger partial charge is 0.407 e. The minimum absolute atomic E-state index is 0.282. The lowest BCUT2D eigenvalue weighted by atomic mass is 9.90. The van der Waals surface area contributed by atoms with Gasteiger partial charge in [0.05, 0.1) is 38.5 Å². The largest absolute Gasteiger partial charge is 0.493 e. The van der Waals surface area contributed by atoms with Crippen molar-refractivity contribution in [3.05, 3.63) is 42.2 Å². The highest BCUT2D eigenvalue weighted by Gasteiger charge is 2.38. The van der Waals surface area contributed by atoms with Crippen molar-refractivity contribution in [2.45, 2.75) is 24.6 Å². The number of aromatic nitrogens is 3. The Morgan fingerprint density at radius 3 is 2.63 bits per heavy atom. The van der Waals surface area contributed by atoms with E-state index in [1.165, 1.54) is 0 Å². The summed E-state index contributed by atoms with van der Waals surface area (Å²) in [6, 6.07) is 8.92. The number of hydrogen-bond acceptors (Lipinski definition) is 9. The third-order valence-corrected chi connectivity index (χ3v) is 6.40. The van der Waals surface area contributed by atoms with E-state index in [0.29, 0.717) is 60.7 Å². The summed E-state index contributed by atoms with van der Waals surface area (Å²) in [7, 11) is 3.13. The molecule has 10 nitrogen and oxygen atoms in total. The number of alkyl halides is 1. The predicted octanol–water partition coefficient (Wildman–Crippen LogP) is 3.03. The molecule has 5 rings (SSSR count). The Hall–Kier alpha value is -3.89. The molecule has 2 fully saturated rings. The maximum Gasteiger partial charge on any atom is 0.407 e. The second kappa shape index (κ2) is 9.40. The molecule has 1 atom stereocenters. The Bertz CT molecular complexity index is 1220. The molecule has 0 saturated carbocycles. The van der Waals surface area contributed by atoms with E-state index in [1.54, 1.807) is 44.7 Å². The van der Waals surface area contributed by atoms with Crippen molar-refractivity contribution in [1.82, 2.24) is 20.3 Å². The normalized spacial score (nSPS) is 19.2. The molecule has 1 aromatic carbocycles. The summed E-state index contributed by atoms with van der Waals surface area (Å²) in [5.41, 5.74) is -0.373. The molecule has 2 aromatic heterocycles. The van der Waals surface area contributed by atoms with E-state index in [0.717, 1.165) is 5.39 Å². The van der Waals surface area contributed by atoms with Gasteiger partial charge in [0, 0.05) is 43.6 Å². The fourth-order valence-electron chi connectivity index (χ4n) is 4.42. The molecule has 0 unspecified atom stereocenters. The van der Waals surface area contributed by atoms with Crippen LogP contribution in [0.25, 0.3) is 10.9 Å². The van der Waals surface area contributed by atoms with Gasteiger partial charge in [0.15, 0.2) is 17.2 Å². The number of methoxy groups -OCH3 is 2. The molecule has 35 heavy (non-hydrogen) atoms. The summed E-state index contributed by atoms with van der Waals surface area (Å²) in [6.45, 7) is 1.66. The van der Waals surface area contributed by atoms with E-state index in [2.05, 4.69) is 15.6 Å². The maximum absolute atomic E-state index is 15.6. The van der Waals surface area contributed by atoms with E-state index >= 15 is 4.39 Å². The summed E-state index contributed by atoms with van der Waals surface area (Å²) in [6.07, 6.45) is 1.42. The Morgan fingerprint density at radius 1 is 1.20 bits per heavy atom. The maximum atomic E-state index is 15.6. The SMILES string of the molecule is COc1cc2nc(N3CCC(F)(c4ccccn4)CC3)nc(NC[C@@H]3CNC(=O)O3)c2cc1OC. The Morgan fingerprint density at radius 2 is 1.97 bits per heavy atom. The van der Waals surface area contributed by atoms with E-state index in [-0.39, 0.29) is 18.9 Å². The number of halogens is 1. The number of nitrogens with zero attached hydrogens (tertiary/aromatic N) is 4. The first-order valence-electron chi connectivity index (χ1n) is 11.5. The van der Waals surface area contributed by atoms with Crippen molar-refractivity contribution in [2.75, 3.05) is 50.6 Å². The molecule has 0 aliphatic carbocycles. The number of rotatable bonds is 7. The van der Waals surface area contributed by atoms with Crippen LogP contribution in [-0.2, 0) is 10.4 Å². The van der Waals surface area contributed by atoms with Gasteiger partial charge in [0.2, 0.25) is 5.95 Å². The predicted molar refractivity (Wildman–Crippen MR) is 128 cm³/mol. The average Bonchev–Trinajstić information content (AvgIpc) is 3.32. The van der Waals surface area contributed by atoms with Gasteiger partial charge in [-0.1, -0.05) is 6.07 Å². The molecule has 0 spiro atoms. The van der Waals surface area contributed by atoms with Crippen LogP contribution >= 0.6 is 0 Å². The van der Waals surface area contributed by atoms with Gasteiger partial charge < -0.3 is 29.7 Å². The van der Waals surface area contributed by atoms with Crippen LogP contribution in [-0.4, -0.2) is 67.5 Å². The second-order valence-corrected chi connectivity index (χ2v) is 8.55. The van der Waals surface area contributed by atoms with Crippen LogP contribution in [0.5, 0.6) is 11.5 Å². The van der Waals surface area contributed by atoms with Crippen LogP contribution in [0.1, 0.15) is 18.5 Å². The Kier molecular flexibility index (Phi) is 6.14. The van der Waals surface area contributed by atoms with Gasteiger partial charge in [-0.25, -0.2) is 14.2 Å². The van der Waals surface area contributed by atoms with Crippen molar-refractivity contribution >= 4 is 28.8 Å². The number of ether oxygens (including phenoxy) is 3. The number of cyclic esters (lactones) is 1. The highest BCUT2D eigenvalue weighted by atomic mass is 19.1. The first-order valence-corrected chi connectivity index (χ1v) is 11.5. The Labute approximate surface area is 201 Å². The fourth-order valence-corrected chi connectivity index (χ4v) is 4.42. The molecular weight excluding hydrogens is 455 g/mol. The number of alkyl carbamates (subject to hydrolysis) is 1. The van der Waals surface area contributed by atoms with Gasteiger partial charge >= 0.3 is 6.09 Å². The van der Waals surface area contributed by atoms with Crippen LogP contribution in [0.3, 0.4) is 0 Å². The van der Waals surface area contributed by atoms with Gasteiger partial charge in [0.1, 0.15) is 11.9 Å². The number of nitrogens with one attached hydrogen (secondary N) is 2. The molecule has 2 aliphatic heterocycles. The number of hydrogen-bond donors (Lipinski definition) is 2. The highest BCUT2D eigenvalue weighted by molar-refractivity contribution is 5.92. The van der Waals surface area contributed by atoms with Crippen LogP contribution in [0.4, 0.5) is 21.0 Å². The van der Waals surface area contributed by atoms with Crippen LogP contribution < -0.4 is 25.0 Å². The first-order chi connectivity index (χ1) is 17.0. The number of pyridine rings is 1. The minimum Gasteiger partial charge on any atom is -0.493 e. The van der Waals surface area contributed by atoms with Crippen molar-refractivity contribution in [2.24, 2.45) is 0 Å². The molecule has 0 bridgehead atoms. The summed E-state index contributed by atoms with van der Waals surface area (Å²) in [4.78, 5) is 27.1. The molecular formula is C24H27FN6O4. The van der Waals surface area contributed by atoms with Gasteiger partial charge in [-0.3, -0.25) is 4.98 Å². The Balaban J connectivity index is 1.44. The number of piperidine rings is 1. The van der Waals surface area contributed by atoms with Crippen molar-refractivity contribution in [1.29, 1.82) is 0 Å². The van der Waals surface area contributed by atoms with Gasteiger partial charge in [0.25, 0.3) is 0 Å². The zero-order valence-electron chi connectivity index (χ0n) is 19.6. The highest BCUT2D eigenvalue weighted by Crippen LogP contribution is 2.38. The van der Waals surface area contributed by atoms with Gasteiger partial charge in [-0.2, -0.15) is 4.98 Å². The number of carbonyl (C=O) groups excluding carboxylic acids is 1. The summed E-state index contributed by atoms with van der Waals surface area (Å²) >= 11 is 0. The fraction of sp³-hybridized carbons (Fsp3) is 0.417. The second-order valence-electron chi connectivity index (χ2n) is 8.55. The topological polar surface area (TPSA) is 111 Å². The molecule has 0 radical (unpaired) electrons. The zero-order chi connectivity index (χ0) is 24.4. The third kappa shape index (κ3) is 4.58. The van der Waals surface area contributed by atoms with Gasteiger partial charge in [-0.15, -0.1) is 0 Å². The lowest BCUT2D eigenvalue weighted by Gasteiger charge is -2.36. The van der Waals surface area contributed by atoms with E-state index in [9.17, 15) is 4.79 Å². The number of fused-ring (bicyclic) bond motifs is 1. The molecule has 2 N–H and O–H groups in total. The van der Waals surface area contributed by atoms with Crippen molar-refractivity contribution < 1.29 is 23.4 Å². The quantitative estimate of drug-likeness (QED) is 0.525. The number of carbonyl (C=O) groups is 1. The molecule has 3 aromatic rings. The van der Waals surface area contributed by atoms with Crippen LogP contribution in [0.15, 0.2) is 36.5 Å². The minimum atomic E-state index is -1.48. The van der Waals surface area contributed by atoms with Crippen LogP contribution in [0, 0.1) is 0 Å². The molecule has 2 aliphatic rings. The van der Waals surface area contributed by atoms with Crippen LogP contribution in [0.2, 0.25) is 0 Å². The van der Waals surface area contributed by atoms with Crippen molar-refractivity contribution in [3.8, 4) is 11.5 Å². The lowest BCUT2D eigenvalue weighted by molar-refractivity contribution is 0.119. The number of anilines is 2. The lowest BCUT2D eigenvalue weighted by Crippen LogP contribution is -2.41. The first kappa shape index (κ1) is 22.9. The molecule has 2 saturated heterocycles.